The van der Waals surface area contributed by atoms with Gasteiger partial charge in [-0.2, -0.15) is 0 Å². The van der Waals surface area contributed by atoms with Crippen LogP contribution in [0.4, 0.5) is 0 Å². The molecule has 0 bridgehead atoms. The van der Waals surface area contributed by atoms with Crippen molar-refractivity contribution in [2.24, 2.45) is 0 Å². The molecule has 0 fully saturated rings. The Labute approximate surface area is 87.5 Å². The molecule has 7 nitrogen and oxygen atoms in total. The SMILES string of the molecule is COC(=O)CCNS(=O)(=O)CCC(=O)O. The first-order valence-corrected chi connectivity index (χ1v) is 5.78. The van der Waals surface area contributed by atoms with E-state index in [4.69, 9.17) is 5.11 Å². The second kappa shape index (κ2) is 6.36. The minimum Gasteiger partial charge on any atom is -0.481 e. The fourth-order valence-corrected chi connectivity index (χ4v) is 1.71. The van der Waals surface area contributed by atoms with Gasteiger partial charge in [0.05, 0.1) is 25.7 Å². The van der Waals surface area contributed by atoms with E-state index >= 15 is 0 Å². The lowest BCUT2D eigenvalue weighted by atomic mass is 10.4. The Kier molecular flexibility index (Phi) is 5.87. The van der Waals surface area contributed by atoms with Crippen molar-refractivity contribution in [2.45, 2.75) is 12.8 Å². The zero-order chi connectivity index (χ0) is 11.9. The van der Waals surface area contributed by atoms with Crippen molar-refractivity contribution in [2.75, 3.05) is 19.4 Å². The highest BCUT2D eigenvalue weighted by Gasteiger charge is 2.12. The maximum atomic E-state index is 11.1. The molecule has 0 aromatic heterocycles. The Morgan fingerprint density at radius 3 is 2.40 bits per heavy atom. The van der Waals surface area contributed by atoms with Gasteiger partial charge in [-0.1, -0.05) is 0 Å². The molecule has 0 atom stereocenters. The van der Waals surface area contributed by atoms with Gasteiger partial charge in [0.2, 0.25) is 10.0 Å². The number of methoxy groups -OCH3 is 1. The molecule has 0 rings (SSSR count). The number of carboxylic acid groups (broad SMARTS) is 1. The van der Waals surface area contributed by atoms with E-state index in [2.05, 4.69) is 9.46 Å². The topological polar surface area (TPSA) is 110 Å². The maximum absolute atomic E-state index is 11.1. The van der Waals surface area contributed by atoms with E-state index in [1.807, 2.05) is 0 Å². The van der Waals surface area contributed by atoms with Crippen LogP contribution in [0.3, 0.4) is 0 Å². The van der Waals surface area contributed by atoms with E-state index in [1.54, 1.807) is 0 Å². The molecule has 0 heterocycles. The summed E-state index contributed by atoms with van der Waals surface area (Å²) in [5, 5.41) is 8.26. The number of hydrogen-bond donors (Lipinski definition) is 2. The quantitative estimate of drug-likeness (QED) is 0.548. The molecule has 15 heavy (non-hydrogen) atoms. The lowest BCUT2D eigenvalue weighted by Gasteiger charge is -2.04. The first-order valence-electron chi connectivity index (χ1n) is 4.13. The molecule has 0 aromatic carbocycles. The zero-order valence-corrected chi connectivity index (χ0v) is 9.04. The molecule has 0 spiro atoms. The van der Waals surface area contributed by atoms with Crippen molar-refractivity contribution >= 4 is 22.0 Å². The molecule has 0 radical (unpaired) electrons. The first kappa shape index (κ1) is 13.8. The molecule has 0 saturated carbocycles. The van der Waals surface area contributed by atoms with Crippen LogP contribution in [0.1, 0.15) is 12.8 Å². The number of carbonyl (C=O) groups excluding carboxylic acids is 1. The van der Waals surface area contributed by atoms with Crippen molar-refractivity contribution < 1.29 is 27.9 Å². The van der Waals surface area contributed by atoms with Gasteiger partial charge in [0.25, 0.3) is 0 Å². The predicted octanol–water partition coefficient (Wildman–Crippen LogP) is -1.06. The van der Waals surface area contributed by atoms with Crippen LogP contribution in [0.5, 0.6) is 0 Å². The number of rotatable bonds is 7. The minimum absolute atomic E-state index is 0.0806. The molecule has 0 aromatic rings. The van der Waals surface area contributed by atoms with E-state index in [9.17, 15) is 18.0 Å². The summed E-state index contributed by atoms with van der Waals surface area (Å²) in [7, 11) is -2.42. The lowest BCUT2D eigenvalue weighted by Crippen LogP contribution is -2.29. The summed E-state index contributed by atoms with van der Waals surface area (Å²) in [6.45, 7) is -0.0887. The number of esters is 1. The van der Waals surface area contributed by atoms with E-state index in [1.165, 1.54) is 7.11 Å². The van der Waals surface area contributed by atoms with Crippen molar-refractivity contribution in [1.82, 2.24) is 4.72 Å². The van der Waals surface area contributed by atoms with Gasteiger partial charge in [-0.05, 0) is 0 Å². The Morgan fingerprint density at radius 2 is 1.93 bits per heavy atom. The molecule has 0 aliphatic carbocycles. The van der Waals surface area contributed by atoms with E-state index < -0.39 is 34.1 Å². The summed E-state index contributed by atoms with van der Waals surface area (Å²) in [5.41, 5.74) is 0. The summed E-state index contributed by atoms with van der Waals surface area (Å²) >= 11 is 0. The van der Waals surface area contributed by atoms with Gasteiger partial charge in [-0.15, -0.1) is 0 Å². The second-order valence-electron chi connectivity index (χ2n) is 2.68. The predicted molar refractivity (Wildman–Crippen MR) is 50.7 cm³/mol. The summed E-state index contributed by atoms with van der Waals surface area (Å²) in [4.78, 5) is 20.7. The molecule has 0 aliphatic heterocycles. The summed E-state index contributed by atoms with van der Waals surface area (Å²) in [6, 6.07) is 0. The second-order valence-corrected chi connectivity index (χ2v) is 4.61. The molecule has 2 N–H and O–H groups in total. The molecular formula is C7H13NO6S. The highest BCUT2D eigenvalue weighted by atomic mass is 32.2. The molecule has 8 heteroatoms. The summed E-state index contributed by atoms with van der Waals surface area (Å²) < 4.78 is 28.5. The number of hydrogen-bond acceptors (Lipinski definition) is 5. The van der Waals surface area contributed by atoms with E-state index in [0.717, 1.165) is 0 Å². The number of nitrogens with one attached hydrogen (secondary N) is 1. The molecular weight excluding hydrogens is 226 g/mol. The van der Waals surface area contributed by atoms with Crippen LogP contribution in [0.2, 0.25) is 0 Å². The fraction of sp³-hybridized carbons (Fsp3) is 0.714. The number of carbonyl (C=O) groups is 2. The van der Waals surface area contributed by atoms with Crippen molar-refractivity contribution in [3.63, 3.8) is 0 Å². The van der Waals surface area contributed by atoms with Crippen LogP contribution in [0.25, 0.3) is 0 Å². The largest absolute Gasteiger partial charge is 0.481 e. The van der Waals surface area contributed by atoms with Gasteiger partial charge >= 0.3 is 11.9 Å². The van der Waals surface area contributed by atoms with Crippen molar-refractivity contribution in [3.8, 4) is 0 Å². The van der Waals surface area contributed by atoms with Crippen LogP contribution in [0.15, 0.2) is 0 Å². The van der Waals surface area contributed by atoms with Crippen molar-refractivity contribution in [1.29, 1.82) is 0 Å². The van der Waals surface area contributed by atoms with Gasteiger partial charge in [-0.3, -0.25) is 9.59 Å². The Morgan fingerprint density at radius 1 is 1.33 bits per heavy atom. The van der Waals surface area contributed by atoms with Crippen LogP contribution in [-0.2, 0) is 24.3 Å². The zero-order valence-electron chi connectivity index (χ0n) is 8.23. The monoisotopic (exact) mass is 239 g/mol. The molecule has 0 amide bonds. The molecule has 88 valence electrons. The number of sulfonamides is 1. The smallest absolute Gasteiger partial charge is 0.306 e. The highest BCUT2D eigenvalue weighted by Crippen LogP contribution is 1.91. The average Bonchev–Trinajstić information content (AvgIpc) is 2.14. The normalized spacial score (nSPS) is 11.0. The van der Waals surface area contributed by atoms with Gasteiger partial charge < -0.3 is 9.84 Å². The van der Waals surface area contributed by atoms with Crippen LogP contribution < -0.4 is 4.72 Å². The van der Waals surface area contributed by atoms with Crippen LogP contribution in [0, 0.1) is 0 Å². The van der Waals surface area contributed by atoms with Crippen LogP contribution in [-0.4, -0.2) is 44.9 Å². The average molecular weight is 239 g/mol. The Bertz CT molecular complexity index is 322. The standard InChI is InChI=1S/C7H13NO6S/c1-14-7(11)2-4-8-15(12,13)5-3-6(9)10/h8H,2-5H2,1H3,(H,9,10). The number of carboxylic acids is 1. The summed E-state index contributed by atoms with van der Waals surface area (Å²) in [6.07, 6.45) is -0.545. The molecule has 0 saturated heterocycles. The van der Waals surface area contributed by atoms with Gasteiger partial charge in [0.1, 0.15) is 0 Å². The van der Waals surface area contributed by atoms with E-state index in [-0.39, 0.29) is 13.0 Å². The van der Waals surface area contributed by atoms with Gasteiger partial charge in [0, 0.05) is 6.54 Å². The number of ether oxygens (including phenoxy) is 1. The molecule has 0 unspecified atom stereocenters. The van der Waals surface area contributed by atoms with Crippen molar-refractivity contribution in [3.05, 3.63) is 0 Å². The third kappa shape index (κ3) is 7.89. The Balaban J connectivity index is 3.84. The fourth-order valence-electron chi connectivity index (χ4n) is 0.705. The minimum atomic E-state index is -3.62. The lowest BCUT2D eigenvalue weighted by molar-refractivity contribution is -0.140. The highest BCUT2D eigenvalue weighted by molar-refractivity contribution is 7.89. The summed E-state index contributed by atoms with van der Waals surface area (Å²) in [5.74, 6) is -2.21. The van der Waals surface area contributed by atoms with Gasteiger partial charge in [0.15, 0.2) is 0 Å². The van der Waals surface area contributed by atoms with Crippen LogP contribution >= 0.6 is 0 Å². The Hall–Kier alpha value is -1.15. The maximum Gasteiger partial charge on any atom is 0.306 e. The molecule has 0 aliphatic rings. The van der Waals surface area contributed by atoms with E-state index in [0.29, 0.717) is 0 Å². The first-order chi connectivity index (χ1) is 6.87. The third-order valence-corrected chi connectivity index (χ3v) is 2.85. The van der Waals surface area contributed by atoms with Gasteiger partial charge in [-0.25, -0.2) is 13.1 Å². The third-order valence-electron chi connectivity index (χ3n) is 1.46. The number of aliphatic carboxylic acids is 1.